The van der Waals surface area contributed by atoms with Crippen molar-refractivity contribution in [2.75, 3.05) is 16.8 Å². The summed E-state index contributed by atoms with van der Waals surface area (Å²) in [6.07, 6.45) is 0.425. The van der Waals surface area contributed by atoms with Crippen molar-refractivity contribution < 1.29 is 4.79 Å². The molecule has 1 aromatic heterocycles. The van der Waals surface area contributed by atoms with Gasteiger partial charge in [-0.05, 0) is 31.2 Å². The van der Waals surface area contributed by atoms with Crippen LogP contribution in [0.25, 0.3) is 0 Å². The molecule has 0 aliphatic heterocycles. The van der Waals surface area contributed by atoms with Gasteiger partial charge in [-0.15, -0.1) is 10.2 Å². The minimum Gasteiger partial charge on any atom is -0.325 e. The van der Waals surface area contributed by atoms with E-state index in [4.69, 9.17) is 0 Å². The summed E-state index contributed by atoms with van der Waals surface area (Å²) >= 11 is 0. The van der Waals surface area contributed by atoms with E-state index in [1.165, 1.54) is 0 Å². The number of nitrogens with zero attached hydrogens (tertiary/aromatic N) is 3. The van der Waals surface area contributed by atoms with Crippen LogP contribution in [0.1, 0.15) is 20.3 Å². The van der Waals surface area contributed by atoms with Gasteiger partial charge in [0.05, 0.1) is 0 Å². The number of amides is 1. The Hall–Kier alpha value is -2.43. The van der Waals surface area contributed by atoms with Gasteiger partial charge in [0.2, 0.25) is 5.91 Å². The lowest BCUT2D eigenvalue weighted by atomic mass is 10.3. The van der Waals surface area contributed by atoms with E-state index in [1.54, 1.807) is 13.0 Å². The van der Waals surface area contributed by atoms with Gasteiger partial charge in [0.25, 0.3) is 0 Å². The van der Waals surface area contributed by atoms with Crippen molar-refractivity contribution >= 4 is 23.2 Å². The maximum absolute atomic E-state index is 11.3. The van der Waals surface area contributed by atoms with E-state index in [-0.39, 0.29) is 5.91 Å². The van der Waals surface area contributed by atoms with Gasteiger partial charge in [0, 0.05) is 18.7 Å². The number of nitrogens with one attached hydrogen (secondary N) is 1. The Labute approximate surface area is 118 Å². The number of hydrogen-bond acceptors (Lipinski definition) is 4. The van der Waals surface area contributed by atoms with Crippen LogP contribution in [0.4, 0.5) is 17.3 Å². The first-order valence-electron chi connectivity index (χ1n) is 6.70. The quantitative estimate of drug-likeness (QED) is 0.907. The van der Waals surface area contributed by atoms with Gasteiger partial charge < -0.3 is 10.2 Å². The van der Waals surface area contributed by atoms with Crippen LogP contribution >= 0.6 is 0 Å². The molecule has 5 nitrogen and oxygen atoms in total. The molecule has 0 spiro atoms. The van der Waals surface area contributed by atoms with Crippen LogP contribution in [0.2, 0.25) is 0 Å². The molecule has 1 heterocycles. The average Bonchev–Trinajstić information content (AvgIpc) is 2.50. The van der Waals surface area contributed by atoms with Crippen LogP contribution in [0.15, 0.2) is 42.5 Å². The summed E-state index contributed by atoms with van der Waals surface area (Å²) in [7, 11) is 0. The third kappa shape index (κ3) is 3.32. The monoisotopic (exact) mass is 270 g/mol. The van der Waals surface area contributed by atoms with Crippen molar-refractivity contribution in [1.82, 2.24) is 10.2 Å². The molecule has 0 fully saturated rings. The van der Waals surface area contributed by atoms with Crippen LogP contribution in [-0.2, 0) is 4.79 Å². The predicted octanol–water partition coefficient (Wildman–Crippen LogP) is 2.98. The molecule has 0 aliphatic carbocycles. The molecule has 2 rings (SSSR count). The van der Waals surface area contributed by atoms with E-state index < -0.39 is 0 Å². The van der Waals surface area contributed by atoms with Gasteiger partial charge >= 0.3 is 0 Å². The smallest absolute Gasteiger partial charge is 0.225 e. The summed E-state index contributed by atoms with van der Waals surface area (Å²) in [5.41, 5.74) is 1.06. The molecule has 0 unspecified atom stereocenters. The second-order valence-electron chi connectivity index (χ2n) is 4.26. The normalized spacial score (nSPS) is 10.1. The Morgan fingerprint density at radius 1 is 1.10 bits per heavy atom. The topological polar surface area (TPSA) is 58.1 Å². The molecule has 0 aliphatic rings. The van der Waals surface area contributed by atoms with E-state index in [0.717, 1.165) is 18.1 Å². The largest absolute Gasteiger partial charge is 0.325 e. The van der Waals surface area contributed by atoms with E-state index in [9.17, 15) is 4.79 Å². The lowest BCUT2D eigenvalue weighted by molar-refractivity contribution is -0.115. The Morgan fingerprint density at radius 3 is 2.40 bits per heavy atom. The zero-order valence-corrected chi connectivity index (χ0v) is 11.7. The first kappa shape index (κ1) is 14.0. The molecular formula is C15H18N4O. The highest BCUT2D eigenvalue weighted by Crippen LogP contribution is 2.22. The molecule has 0 radical (unpaired) electrons. The molecule has 0 saturated heterocycles. The van der Waals surface area contributed by atoms with Crippen LogP contribution in [0.3, 0.4) is 0 Å². The first-order valence-corrected chi connectivity index (χ1v) is 6.70. The molecule has 104 valence electrons. The number of aromatic nitrogens is 2. The van der Waals surface area contributed by atoms with Crippen molar-refractivity contribution in [1.29, 1.82) is 0 Å². The number of hydrogen-bond donors (Lipinski definition) is 1. The molecule has 2 aromatic rings. The van der Waals surface area contributed by atoms with Crippen molar-refractivity contribution in [3.05, 3.63) is 42.5 Å². The number of anilines is 3. The summed E-state index contributed by atoms with van der Waals surface area (Å²) < 4.78 is 0. The van der Waals surface area contributed by atoms with Gasteiger partial charge in [-0.3, -0.25) is 4.79 Å². The third-order valence-electron chi connectivity index (χ3n) is 2.90. The highest BCUT2D eigenvalue weighted by atomic mass is 16.1. The van der Waals surface area contributed by atoms with E-state index in [1.807, 2.05) is 36.4 Å². The maximum atomic E-state index is 11.3. The van der Waals surface area contributed by atoms with Gasteiger partial charge in [-0.25, -0.2) is 0 Å². The molecule has 0 saturated carbocycles. The van der Waals surface area contributed by atoms with E-state index >= 15 is 0 Å². The standard InChI is InChI=1S/C15H18N4O/c1-3-15(20)16-13-10-11-14(18-17-13)19(4-2)12-8-6-5-7-9-12/h5-11H,3-4H2,1-2H3,(H,16,17,20). The van der Waals surface area contributed by atoms with Gasteiger partial charge in [0.15, 0.2) is 11.6 Å². The molecular weight excluding hydrogens is 252 g/mol. The van der Waals surface area contributed by atoms with Crippen molar-refractivity contribution in [2.45, 2.75) is 20.3 Å². The fourth-order valence-electron chi connectivity index (χ4n) is 1.85. The highest BCUT2D eigenvalue weighted by Gasteiger charge is 2.09. The number of carbonyl (C=O) groups is 1. The Bertz CT molecular complexity index is 554. The van der Waals surface area contributed by atoms with Crippen molar-refractivity contribution in [3.8, 4) is 0 Å². The zero-order chi connectivity index (χ0) is 14.4. The lowest BCUT2D eigenvalue weighted by Gasteiger charge is -2.21. The molecule has 1 N–H and O–H groups in total. The van der Waals surface area contributed by atoms with E-state index in [2.05, 4.69) is 27.3 Å². The number of carbonyl (C=O) groups excluding carboxylic acids is 1. The first-order chi connectivity index (χ1) is 9.74. The molecule has 5 heteroatoms. The molecule has 1 aromatic carbocycles. The summed E-state index contributed by atoms with van der Waals surface area (Å²) in [5, 5.41) is 10.9. The van der Waals surface area contributed by atoms with E-state index in [0.29, 0.717) is 12.2 Å². The predicted molar refractivity (Wildman–Crippen MR) is 80.1 cm³/mol. The lowest BCUT2D eigenvalue weighted by Crippen LogP contribution is -2.18. The summed E-state index contributed by atoms with van der Waals surface area (Å²) in [6, 6.07) is 13.6. The van der Waals surface area contributed by atoms with Crippen LogP contribution in [0, 0.1) is 0 Å². The average molecular weight is 270 g/mol. The Morgan fingerprint density at radius 2 is 1.85 bits per heavy atom. The van der Waals surface area contributed by atoms with Crippen molar-refractivity contribution in [2.24, 2.45) is 0 Å². The minimum absolute atomic E-state index is 0.0672. The zero-order valence-electron chi connectivity index (χ0n) is 11.7. The Kier molecular flexibility index (Phi) is 4.65. The molecule has 20 heavy (non-hydrogen) atoms. The second-order valence-corrected chi connectivity index (χ2v) is 4.26. The molecule has 1 amide bonds. The van der Waals surface area contributed by atoms with Crippen LogP contribution < -0.4 is 10.2 Å². The van der Waals surface area contributed by atoms with Gasteiger partial charge in [-0.1, -0.05) is 25.1 Å². The highest BCUT2D eigenvalue weighted by molar-refractivity contribution is 5.89. The maximum Gasteiger partial charge on any atom is 0.225 e. The van der Waals surface area contributed by atoms with Gasteiger partial charge in [0.1, 0.15) is 0 Å². The summed E-state index contributed by atoms with van der Waals surface area (Å²) in [6.45, 7) is 4.65. The summed E-state index contributed by atoms with van der Waals surface area (Å²) in [4.78, 5) is 13.3. The fourth-order valence-corrected chi connectivity index (χ4v) is 1.85. The SMILES string of the molecule is CCC(=O)Nc1ccc(N(CC)c2ccccc2)nn1. The minimum atomic E-state index is -0.0672. The van der Waals surface area contributed by atoms with Crippen molar-refractivity contribution in [3.63, 3.8) is 0 Å². The van der Waals surface area contributed by atoms with Gasteiger partial charge in [-0.2, -0.15) is 0 Å². The number of rotatable bonds is 5. The third-order valence-corrected chi connectivity index (χ3v) is 2.90. The van der Waals surface area contributed by atoms with Crippen LogP contribution in [0.5, 0.6) is 0 Å². The van der Waals surface area contributed by atoms with Crippen LogP contribution in [-0.4, -0.2) is 22.6 Å². The second kappa shape index (κ2) is 6.65. The number of para-hydroxylation sites is 1. The fraction of sp³-hybridized carbons (Fsp3) is 0.267. The Balaban J connectivity index is 2.18. The number of benzene rings is 1. The summed E-state index contributed by atoms with van der Waals surface area (Å²) in [5.74, 6) is 1.17. The molecule has 0 atom stereocenters. The molecule has 0 bridgehead atoms.